The van der Waals surface area contributed by atoms with Crippen LogP contribution in [0.3, 0.4) is 0 Å². The van der Waals surface area contributed by atoms with Crippen molar-refractivity contribution in [2.24, 2.45) is 0 Å². The number of rotatable bonds is 3. The topological polar surface area (TPSA) is 62.5 Å². The second-order valence-electron chi connectivity index (χ2n) is 6.05. The van der Waals surface area contributed by atoms with Gasteiger partial charge < -0.3 is 4.90 Å². The van der Waals surface area contributed by atoms with Gasteiger partial charge >= 0.3 is 6.18 Å². The van der Waals surface area contributed by atoms with Gasteiger partial charge in [-0.2, -0.15) is 17.7 Å². The summed E-state index contributed by atoms with van der Waals surface area (Å²) < 4.78 is 39.8. The average Bonchev–Trinajstić information content (AvgIpc) is 3.30. The molecule has 1 atom stereocenters. The maximum Gasteiger partial charge on any atom is 0.453 e. The Morgan fingerprint density at radius 1 is 1.12 bits per heavy atom. The SMILES string of the molecule is CC(c1nccs1)N1CCN(c2ccc3nnc(C(F)(F)F)n3n2)CC1. The minimum absolute atomic E-state index is 0.0807. The number of anilines is 1. The summed E-state index contributed by atoms with van der Waals surface area (Å²) >= 11 is 1.63. The number of fused-ring (bicyclic) bond motifs is 1. The van der Waals surface area contributed by atoms with Gasteiger partial charge in [0.2, 0.25) is 0 Å². The highest BCUT2D eigenvalue weighted by Crippen LogP contribution is 2.28. The largest absolute Gasteiger partial charge is 0.453 e. The van der Waals surface area contributed by atoms with Crippen molar-refractivity contribution < 1.29 is 13.2 Å². The molecule has 4 rings (SSSR count). The van der Waals surface area contributed by atoms with E-state index in [0.29, 0.717) is 18.9 Å². The molecule has 1 unspecified atom stereocenters. The van der Waals surface area contributed by atoms with Gasteiger partial charge in [0.1, 0.15) is 10.8 Å². The van der Waals surface area contributed by atoms with E-state index in [0.717, 1.165) is 22.6 Å². The van der Waals surface area contributed by atoms with E-state index < -0.39 is 12.0 Å². The summed E-state index contributed by atoms with van der Waals surface area (Å²) in [7, 11) is 0. The second-order valence-corrected chi connectivity index (χ2v) is 6.98. The van der Waals surface area contributed by atoms with Crippen molar-refractivity contribution in [1.82, 2.24) is 29.7 Å². The maximum atomic E-state index is 13.0. The van der Waals surface area contributed by atoms with E-state index in [1.54, 1.807) is 23.6 Å². The molecule has 3 aromatic heterocycles. The molecule has 26 heavy (non-hydrogen) atoms. The monoisotopic (exact) mass is 383 g/mol. The number of nitrogens with zero attached hydrogens (tertiary/aromatic N) is 7. The minimum atomic E-state index is -4.59. The van der Waals surface area contributed by atoms with Crippen LogP contribution in [-0.2, 0) is 6.18 Å². The third kappa shape index (κ3) is 3.12. The van der Waals surface area contributed by atoms with Crippen molar-refractivity contribution in [2.75, 3.05) is 31.1 Å². The van der Waals surface area contributed by atoms with Crippen molar-refractivity contribution in [3.8, 4) is 0 Å². The molecule has 138 valence electrons. The smallest absolute Gasteiger partial charge is 0.353 e. The van der Waals surface area contributed by atoms with Gasteiger partial charge in [-0.3, -0.25) is 4.90 Å². The van der Waals surface area contributed by atoms with E-state index in [1.807, 2.05) is 10.3 Å². The lowest BCUT2D eigenvalue weighted by molar-refractivity contribution is -0.146. The number of aromatic nitrogens is 5. The predicted molar refractivity (Wildman–Crippen MR) is 90.1 cm³/mol. The molecule has 4 heterocycles. The van der Waals surface area contributed by atoms with Gasteiger partial charge in [0, 0.05) is 37.8 Å². The maximum absolute atomic E-state index is 13.0. The van der Waals surface area contributed by atoms with Crippen LogP contribution >= 0.6 is 11.3 Å². The summed E-state index contributed by atoms with van der Waals surface area (Å²) in [5.74, 6) is -0.616. The Hall–Kier alpha value is -2.27. The lowest BCUT2D eigenvalue weighted by Gasteiger charge is -2.37. The number of hydrogen-bond donors (Lipinski definition) is 0. The highest BCUT2D eigenvalue weighted by Gasteiger charge is 2.38. The molecule has 3 aromatic rings. The van der Waals surface area contributed by atoms with Crippen LogP contribution in [-0.4, -0.2) is 55.9 Å². The van der Waals surface area contributed by atoms with E-state index in [-0.39, 0.29) is 11.7 Å². The summed E-state index contributed by atoms with van der Waals surface area (Å²) in [6.07, 6.45) is -2.80. The number of piperazine rings is 1. The molecule has 0 aliphatic carbocycles. The quantitative estimate of drug-likeness (QED) is 0.693. The summed E-state index contributed by atoms with van der Waals surface area (Å²) in [4.78, 5) is 8.65. The van der Waals surface area contributed by atoms with Gasteiger partial charge in [-0.15, -0.1) is 26.6 Å². The van der Waals surface area contributed by atoms with E-state index in [2.05, 4.69) is 32.1 Å². The number of hydrogen-bond acceptors (Lipinski definition) is 7. The Bertz CT molecular complexity index is 884. The van der Waals surface area contributed by atoms with Gasteiger partial charge in [-0.25, -0.2) is 4.98 Å². The number of alkyl halides is 3. The van der Waals surface area contributed by atoms with Gasteiger partial charge in [-0.1, -0.05) is 0 Å². The molecule has 0 bridgehead atoms. The molecular weight excluding hydrogens is 367 g/mol. The highest BCUT2D eigenvalue weighted by atomic mass is 32.1. The van der Waals surface area contributed by atoms with Crippen LogP contribution in [0.4, 0.5) is 19.0 Å². The first-order valence-corrected chi connectivity index (χ1v) is 8.99. The molecular formula is C15H16F3N7S. The summed E-state index contributed by atoms with van der Waals surface area (Å²) in [6, 6.07) is 3.42. The van der Waals surface area contributed by atoms with E-state index >= 15 is 0 Å². The van der Waals surface area contributed by atoms with Gasteiger partial charge in [0.05, 0.1) is 6.04 Å². The zero-order chi connectivity index (χ0) is 18.3. The van der Waals surface area contributed by atoms with Crippen LogP contribution in [0.15, 0.2) is 23.7 Å². The lowest BCUT2D eigenvalue weighted by atomic mass is 10.2. The molecule has 0 saturated carbocycles. The van der Waals surface area contributed by atoms with Gasteiger partial charge in [0.25, 0.3) is 5.82 Å². The highest BCUT2D eigenvalue weighted by molar-refractivity contribution is 7.09. The third-order valence-corrected chi connectivity index (χ3v) is 5.44. The molecule has 0 spiro atoms. The Morgan fingerprint density at radius 2 is 1.88 bits per heavy atom. The van der Waals surface area contributed by atoms with Gasteiger partial charge in [0.15, 0.2) is 5.65 Å². The molecule has 1 saturated heterocycles. The van der Waals surface area contributed by atoms with Crippen molar-refractivity contribution in [3.63, 3.8) is 0 Å². The van der Waals surface area contributed by atoms with Crippen LogP contribution < -0.4 is 4.90 Å². The lowest BCUT2D eigenvalue weighted by Crippen LogP contribution is -2.47. The van der Waals surface area contributed by atoms with Crippen molar-refractivity contribution >= 4 is 22.8 Å². The van der Waals surface area contributed by atoms with E-state index in [1.165, 1.54) is 6.07 Å². The van der Waals surface area contributed by atoms with E-state index in [9.17, 15) is 13.2 Å². The Labute approximate surface area is 151 Å². The summed E-state index contributed by atoms with van der Waals surface area (Å²) in [5.41, 5.74) is 0.0807. The van der Waals surface area contributed by atoms with Crippen LogP contribution in [0, 0.1) is 0 Å². The Morgan fingerprint density at radius 3 is 2.54 bits per heavy atom. The Kier molecular flexibility index (Phi) is 4.27. The molecule has 1 aliphatic rings. The van der Waals surface area contributed by atoms with Crippen LogP contribution in [0.2, 0.25) is 0 Å². The standard InChI is InChI=1S/C15H16F3N7S/c1-10(13-19-4-9-26-13)23-5-7-24(8-6-23)12-3-2-11-20-21-14(15(16,17)18)25(11)22-12/h2-4,9-10H,5-8H2,1H3. The number of halogens is 3. The van der Waals surface area contributed by atoms with Crippen LogP contribution in [0.1, 0.15) is 23.8 Å². The molecule has 1 fully saturated rings. The van der Waals surface area contributed by atoms with Crippen molar-refractivity contribution in [3.05, 3.63) is 34.5 Å². The first kappa shape index (κ1) is 17.2. The molecule has 0 N–H and O–H groups in total. The third-order valence-electron chi connectivity index (χ3n) is 4.50. The molecule has 1 aliphatic heterocycles. The normalized spacial score (nSPS) is 17.8. The zero-order valence-electron chi connectivity index (χ0n) is 13.9. The van der Waals surface area contributed by atoms with Crippen molar-refractivity contribution in [1.29, 1.82) is 0 Å². The first-order chi connectivity index (χ1) is 12.4. The fourth-order valence-electron chi connectivity index (χ4n) is 3.06. The number of thiazole rings is 1. The summed E-state index contributed by atoms with van der Waals surface area (Å²) in [5, 5.41) is 13.9. The average molecular weight is 383 g/mol. The second kappa shape index (κ2) is 6.47. The summed E-state index contributed by atoms with van der Waals surface area (Å²) in [6.45, 7) is 5.05. The fraction of sp³-hybridized carbons (Fsp3) is 0.467. The predicted octanol–water partition coefficient (Wildman–Crippen LogP) is 2.48. The minimum Gasteiger partial charge on any atom is -0.353 e. The first-order valence-electron chi connectivity index (χ1n) is 8.11. The molecule has 0 amide bonds. The van der Waals surface area contributed by atoms with E-state index in [4.69, 9.17) is 0 Å². The van der Waals surface area contributed by atoms with Gasteiger partial charge in [-0.05, 0) is 19.1 Å². The molecule has 0 aromatic carbocycles. The fourth-order valence-corrected chi connectivity index (χ4v) is 3.79. The molecule has 7 nitrogen and oxygen atoms in total. The van der Waals surface area contributed by atoms with Crippen LogP contribution in [0.25, 0.3) is 5.65 Å². The van der Waals surface area contributed by atoms with Crippen molar-refractivity contribution in [2.45, 2.75) is 19.1 Å². The zero-order valence-corrected chi connectivity index (χ0v) is 14.7. The van der Waals surface area contributed by atoms with Crippen LogP contribution in [0.5, 0.6) is 0 Å². The molecule has 11 heteroatoms. The Balaban J connectivity index is 1.51. The molecule has 0 radical (unpaired) electrons.